The molecule has 0 aliphatic rings. The van der Waals surface area contributed by atoms with Gasteiger partial charge in [-0.2, -0.15) is 0 Å². The molecule has 0 radical (unpaired) electrons. The molecule has 2 aromatic heterocycles. The fraction of sp³-hybridized carbons (Fsp3) is 0. The van der Waals surface area contributed by atoms with E-state index in [-0.39, 0.29) is 5.69 Å². The molecule has 0 saturated carbocycles. The lowest BCUT2D eigenvalue weighted by Gasteiger charge is -2.03. The molecule has 3 nitrogen and oxygen atoms in total. The molecule has 2 aromatic rings. The molecule has 74 valence electrons. The zero-order chi connectivity index (χ0) is 10.7. The Balaban J connectivity index is 2.61. The zero-order valence-corrected chi connectivity index (χ0v) is 7.72. The van der Waals surface area contributed by atoms with Gasteiger partial charge in [0.1, 0.15) is 11.5 Å². The van der Waals surface area contributed by atoms with Crippen molar-refractivity contribution >= 4 is 6.29 Å². The van der Waals surface area contributed by atoms with Crippen LogP contribution in [0, 0.1) is 5.82 Å². The average Bonchev–Trinajstić information content (AvgIpc) is 2.30. The topological polar surface area (TPSA) is 42.9 Å². The van der Waals surface area contributed by atoms with Crippen LogP contribution in [0.25, 0.3) is 11.1 Å². The third-order valence-corrected chi connectivity index (χ3v) is 1.99. The smallest absolute Gasteiger partial charge is 0.169 e. The van der Waals surface area contributed by atoms with Crippen LogP contribution < -0.4 is 0 Å². The summed E-state index contributed by atoms with van der Waals surface area (Å²) in [6.07, 6.45) is 4.78. The van der Waals surface area contributed by atoms with Crippen LogP contribution in [0.2, 0.25) is 0 Å². The van der Waals surface area contributed by atoms with Crippen LogP contribution in [0.3, 0.4) is 0 Å². The van der Waals surface area contributed by atoms with Gasteiger partial charge in [-0.15, -0.1) is 0 Å². The monoisotopic (exact) mass is 202 g/mol. The Bertz CT molecular complexity index is 485. The van der Waals surface area contributed by atoms with Crippen LogP contribution in [-0.4, -0.2) is 16.3 Å². The molecule has 0 spiro atoms. The van der Waals surface area contributed by atoms with Crippen molar-refractivity contribution in [2.45, 2.75) is 0 Å². The largest absolute Gasteiger partial charge is 0.296 e. The van der Waals surface area contributed by atoms with Crippen molar-refractivity contribution < 1.29 is 9.18 Å². The highest BCUT2D eigenvalue weighted by atomic mass is 19.1. The van der Waals surface area contributed by atoms with Crippen LogP contribution >= 0.6 is 0 Å². The Hall–Kier alpha value is -2.10. The second-order valence-electron chi connectivity index (χ2n) is 2.94. The first-order valence-electron chi connectivity index (χ1n) is 4.32. The molecule has 0 unspecified atom stereocenters. The molecule has 2 rings (SSSR count). The molecule has 4 heteroatoms. The Morgan fingerprint density at radius 2 is 2.00 bits per heavy atom. The van der Waals surface area contributed by atoms with Gasteiger partial charge >= 0.3 is 0 Å². The van der Waals surface area contributed by atoms with E-state index in [1.54, 1.807) is 24.5 Å². The van der Waals surface area contributed by atoms with Gasteiger partial charge in [-0.3, -0.25) is 9.78 Å². The number of carbonyl (C=O) groups is 1. The van der Waals surface area contributed by atoms with Gasteiger partial charge in [0.2, 0.25) is 0 Å². The number of hydrogen-bond donors (Lipinski definition) is 0. The van der Waals surface area contributed by atoms with Gasteiger partial charge in [0, 0.05) is 18.0 Å². The van der Waals surface area contributed by atoms with Crippen LogP contribution in [0.4, 0.5) is 4.39 Å². The molecular weight excluding hydrogens is 195 g/mol. The quantitative estimate of drug-likeness (QED) is 0.700. The number of nitrogens with zero attached hydrogens (tertiary/aromatic N) is 2. The molecule has 0 N–H and O–H groups in total. The number of hydrogen-bond acceptors (Lipinski definition) is 3. The zero-order valence-electron chi connectivity index (χ0n) is 7.72. The summed E-state index contributed by atoms with van der Waals surface area (Å²) in [5.74, 6) is -0.465. The van der Waals surface area contributed by atoms with E-state index in [1.807, 2.05) is 0 Å². The maximum Gasteiger partial charge on any atom is 0.169 e. The standard InChI is InChI=1S/C11H7FN2O/c12-9-5-10(11(7-15)14-6-9)8-1-3-13-4-2-8/h1-7H. The van der Waals surface area contributed by atoms with E-state index in [0.717, 1.165) is 11.8 Å². The van der Waals surface area contributed by atoms with Crippen LogP contribution in [0.15, 0.2) is 36.8 Å². The fourth-order valence-corrected chi connectivity index (χ4v) is 1.31. The van der Waals surface area contributed by atoms with Crippen molar-refractivity contribution in [3.05, 3.63) is 48.3 Å². The summed E-state index contributed by atoms with van der Waals surface area (Å²) in [4.78, 5) is 18.3. The molecule has 0 aliphatic heterocycles. The molecule has 0 saturated heterocycles. The second kappa shape index (κ2) is 3.96. The Labute approximate surface area is 85.6 Å². The first-order chi connectivity index (χ1) is 7.31. The number of rotatable bonds is 2. The number of aromatic nitrogens is 2. The molecule has 0 aliphatic carbocycles. The molecule has 2 heterocycles. The maximum absolute atomic E-state index is 13.0. The minimum Gasteiger partial charge on any atom is -0.296 e. The summed E-state index contributed by atoms with van der Waals surface area (Å²) in [6, 6.07) is 4.68. The van der Waals surface area contributed by atoms with Gasteiger partial charge in [0.25, 0.3) is 0 Å². The third-order valence-electron chi connectivity index (χ3n) is 1.99. The van der Waals surface area contributed by atoms with Gasteiger partial charge in [-0.25, -0.2) is 9.37 Å². The van der Waals surface area contributed by atoms with E-state index in [2.05, 4.69) is 9.97 Å². The highest BCUT2D eigenvalue weighted by Crippen LogP contribution is 2.21. The minimum atomic E-state index is -0.465. The summed E-state index contributed by atoms with van der Waals surface area (Å²) in [5, 5.41) is 0. The van der Waals surface area contributed by atoms with E-state index in [4.69, 9.17) is 0 Å². The molecule has 0 aromatic carbocycles. The van der Waals surface area contributed by atoms with E-state index in [9.17, 15) is 9.18 Å². The SMILES string of the molecule is O=Cc1ncc(F)cc1-c1ccncc1. The first kappa shape index (κ1) is 9.45. The van der Waals surface area contributed by atoms with E-state index in [0.29, 0.717) is 11.8 Å². The highest BCUT2D eigenvalue weighted by Gasteiger charge is 2.06. The number of aldehydes is 1. The highest BCUT2D eigenvalue weighted by molar-refractivity contribution is 5.84. The number of carbonyl (C=O) groups excluding carboxylic acids is 1. The van der Waals surface area contributed by atoms with Gasteiger partial charge in [-0.05, 0) is 23.8 Å². The van der Waals surface area contributed by atoms with Crippen molar-refractivity contribution in [2.75, 3.05) is 0 Å². The van der Waals surface area contributed by atoms with Gasteiger partial charge in [0.05, 0.1) is 6.20 Å². The molecular formula is C11H7FN2O. The van der Waals surface area contributed by atoms with Crippen LogP contribution in [0.5, 0.6) is 0 Å². The predicted octanol–water partition coefficient (Wildman–Crippen LogP) is 2.10. The van der Waals surface area contributed by atoms with Crippen molar-refractivity contribution in [2.24, 2.45) is 0 Å². The lowest BCUT2D eigenvalue weighted by atomic mass is 10.1. The molecule has 15 heavy (non-hydrogen) atoms. The lowest BCUT2D eigenvalue weighted by Crippen LogP contribution is -1.93. The Morgan fingerprint density at radius 3 is 2.67 bits per heavy atom. The fourth-order valence-electron chi connectivity index (χ4n) is 1.31. The average molecular weight is 202 g/mol. The summed E-state index contributed by atoms with van der Waals surface area (Å²) in [6.45, 7) is 0. The molecule has 0 bridgehead atoms. The van der Waals surface area contributed by atoms with Gasteiger partial charge in [-0.1, -0.05) is 0 Å². The van der Waals surface area contributed by atoms with Gasteiger partial charge < -0.3 is 0 Å². The lowest BCUT2D eigenvalue weighted by molar-refractivity contribution is 0.111. The van der Waals surface area contributed by atoms with E-state index >= 15 is 0 Å². The maximum atomic E-state index is 13.0. The number of pyridine rings is 2. The summed E-state index contributed by atoms with van der Waals surface area (Å²) in [7, 11) is 0. The Kier molecular flexibility index (Phi) is 2.49. The van der Waals surface area contributed by atoms with E-state index in [1.165, 1.54) is 6.07 Å². The van der Waals surface area contributed by atoms with Crippen LogP contribution in [-0.2, 0) is 0 Å². The second-order valence-corrected chi connectivity index (χ2v) is 2.94. The minimum absolute atomic E-state index is 0.225. The molecule has 0 amide bonds. The summed E-state index contributed by atoms with van der Waals surface area (Å²) < 4.78 is 13.0. The van der Waals surface area contributed by atoms with Crippen molar-refractivity contribution in [3.8, 4) is 11.1 Å². The van der Waals surface area contributed by atoms with Gasteiger partial charge in [0.15, 0.2) is 6.29 Å². The third kappa shape index (κ3) is 1.88. The predicted molar refractivity (Wildman–Crippen MR) is 52.8 cm³/mol. The molecule has 0 fully saturated rings. The Morgan fingerprint density at radius 1 is 1.27 bits per heavy atom. The molecule has 0 atom stereocenters. The van der Waals surface area contributed by atoms with Crippen molar-refractivity contribution in [1.82, 2.24) is 9.97 Å². The summed E-state index contributed by atoms with van der Waals surface area (Å²) in [5.41, 5.74) is 1.43. The van der Waals surface area contributed by atoms with Crippen molar-refractivity contribution in [1.29, 1.82) is 0 Å². The first-order valence-corrected chi connectivity index (χ1v) is 4.32. The normalized spacial score (nSPS) is 9.93. The summed E-state index contributed by atoms with van der Waals surface area (Å²) >= 11 is 0. The van der Waals surface area contributed by atoms with Crippen molar-refractivity contribution in [3.63, 3.8) is 0 Å². The van der Waals surface area contributed by atoms with Crippen LogP contribution in [0.1, 0.15) is 10.5 Å². The van der Waals surface area contributed by atoms with E-state index < -0.39 is 5.82 Å². The number of halogens is 1.